The average molecular weight is 535 g/mol. The molecule has 1 aliphatic heterocycles. The summed E-state index contributed by atoms with van der Waals surface area (Å²) >= 11 is 8.59. The molecule has 1 aromatic heterocycles. The minimum atomic E-state index is -0.745. The van der Waals surface area contributed by atoms with E-state index in [1.807, 2.05) is 18.2 Å². The molecule has 0 amide bonds. The molecule has 0 spiro atoms. The van der Waals surface area contributed by atoms with Gasteiger partial charge in [0.25, 0.3) is 0 Å². The Labute approximate surface area is 223 Å². The van der Waals surface area contributed by atoms with Gasteiger partial charge >= 0.3 is 5.97 Å². The minimum absolute atomic E-state index is 0.105. The summed E-state index contributed by atoms with van der Waals surface area (Å²) in [5.74, 6) is 1.47. The molecule has 198 valence electrons. The number of carbonyl (C=O) groups is 1. The molecule has 2 heterocycles. The van der Waals surface area contributed by atoms with Crippen LogP contribution in [0.25, 0.3) is 10.9 Å². The van der Waals surface area contributed by atoms with Crippen LogP contribution in [0, 0.1) is 11.8 Å². The third kappa shape index (κ3) is 7.27. The van der Waals surface area contributed by atoms with Crippen LogP contribution in [-0.2, 0) is 4.79 Å². The van der Waals surface area contributed by atoms with Crippen LogP contribution in [0.15, 0.2) is 24.4 Å². The van der Waals surface area contributed by atoms with Crippen molar-refractivity contribution in [1.82, 2.24) is 9.88 Å². The summed E-state index contributed by atoms with van der Waals surface area (Å²) in [5, 5.41) is 22.8. The number of fused-ring (bicyclic) bond motifs is 1. The zero-order chi connectivity index (χ0) is 25.5. The second kappa shape index (κ2) is 13.3. The van der Waals surface area contributed by atoms with Gasteiger partial charge in [0.15, 0.2) is 0 Å². The maximum Gasteiger partial charge on any atom is 0.303 e. The van der Waals surface area contributed by atoms with Gasteiger partial charge in [0.1, 0.15) is 5.75 Å². The third-order valence-electron chi connectivity index (χ3n) is 7.94. The number of thioether (sulfide) groups is 1. The van der Waals surface area contributed by atoms with E-state index < -0.39 is 12.1 Å². The molecule has 2 aliphatic rings. The van der Waals surface area contributed by atoms with Crippen molar-refractivity contribution in [2.24, 2.45) is 11.8 Å². The van der Waals surface area contributed by atoms with Gasteiger partial charge in [0.05, 0.1) is 23.8 Å². The van der Waals surface area contributed by atoms with Crippen LogP contribution in [0.5, 0.6) is 5.75 Å². The van der Waals surface area contributed by atoms with Crippen LogP contribution in [-0.4, -0.2) is 63.8 Å². The van der Waals surface area contributed by atoms with Gasteiger partial charge in [0.2, 0.25) is 0 Å². The lowest BCUT2D eigenvalue weighted by Crippen LogP contribution is -2.42. The summed E-state index contributed by atoms with van der Waals surface area (Å²) in [6, 6.07) is 5.58. The summed E-state index contributed by atoms with van der Waals surface area (Å²) in [6.45, 7) is 2.86. The maximum atomic E-state index is 11.6. The van der Waals surface area contributed by atoms with Crippen molar-refractivity contribution < 1.29 is 19.7 Å². The number of carboxylic acids is 1. The zero-order valence-corrected chi connectivity index (χ0v) is 22.8. The van der Waals surface area contributed by atoms with E-state index in [1.54, 1.807) is 13.3 Å². The van der Waals surface area contributed by atoms with Gasteiger partial charge in [-0.25, -0.2) is 0 Å². The van der Waals surface area contributed by atoms with Gasteiger partial charge in [-0.2, -0.15) is 11.8 Å². The van der Waals surface area contributed by atoms with Crippen molar-refractivity contribution in [2.45, 2.75) is 69.1 Å². The molecule has 0 radical (unpaired) electrons. The van der Waals surface area contributed by atoms with E-state index in [9.17, 15) is 15.0 Å². The van der Waals surface area contributed by atoms with E-state index in [0.717, 1.165) is 54.4 Å². The van der Waals surface area contributed by atoms with E-state index in [0.29, 0.717) is 22.8 Å². The van der Waals surface area contributed by atoms with Crippen LogP contribution < -0.4 is 4.74 Å². The Balaban J connectivity index is 1.35. The Kier molecular flexibility index (Phi) is 10.2. The van der Waals surface area contributed by atoms with Gasteiger partial charge in [-0.1, -0.05) is 30.9 Å². The van der Waals surface area contributed by atoms with Crippen LogP contribution >= 0.6 is 23.4 Å². The Morgan fingerprint density at radius 2 is 2.06 bits per heavy atom. The van der Waals surface area contributed by atoms with Crippen molar-refractivity contribution in [2.75, 3.05) is 32.5 Å². The highest BCUT2D eigenvalue weighted by Crippen LogP contribution is 2.37. The molecule has 6 nitrogen and oxygen atoms in total. The number of aliphatic carboxylic acids is 1. The summed E-state index contributed by atoms with van der Waals surface area (Å²) in [4.78, 5) is 18.5. The van der Waals surface area contributed by atoms with E-state index in [-0.39, 0.29) is 18.3 Å². The number of hydrogen-bond acceptors (Lipinski definition) is 6. The van der Waals surface area contributed by atoms with Crippen molar-refractivity contribution in [3.8, 4) is 5.75 Å². The molecular formula is C28H39ClN2O4S. The molecule has 2 fully saturated rings. The highest BCUT2D eigenvalue weighted by atomic mass is 35.5. The SMILES string of the molecule is COc1ccc2ncc(Cl)c([C@@H](O)CC[C@@H]3CCN(CCSC4CCCCC4)C[C@H]3CC(=O)O)c2c1. The highest BCUT2D eigenvalue weighted by Gasteiger charge is 2.31. The third-order valence-corrected chi connectivity index (χ3v) is 9.60. The van der Waals surface area contributed by atoms with E-state index in [1.165, 1.54) is 32.1 Å². The quantitative estimate of drug-likeness (QED) is 0.355. The van der Waals surface area contributed by atoms with Gasteiger partial charge in [-0.05, 0) is 68.7 Å². The Morgan fingerprint density at radius 3 is 2.81 bits per heavy atom. The van der Waals surface area contributed by atoms with Crippen molar-refractivity contribution >= 4 is 40.2 Å². The van der Waals surface area contributed by atoms with E-state index in [4.69, 9.17) is 16.3 Å². The Morgan fingerprint density at radius 1 is 1.25 bits per heavy atom. The molecule has 1 aliphatic carbocycles. The van der Waals surface area contributed by atoms with Crippen LogP contribution in [0.2, 0.25) is 5.02 Å². The van der Waals surface area contributed by atoms with E-state index in [2.05, 4.69) is 21.6 Å². The number of aliphatic hydroxyl groups excluding tert-OH is 1. The molecule has 1 saturated heterocycles. The first-order valence-electron chi connectivity index (χ1n) is 13.3. The number of pyridine rings is 1. The summed E-state index contributed by atoms with van der Waals surface area (Å²) in [6.07, 6.45) is 10.1. The lowest BCUT2D eigenvalue weighted by atomic mass is 9.79. The minimum Gasteiger partial charge on any atom is -0.497 e. The first-order chi connectivity index (χ1) is 17.4. The fraction of sp³-hybridized carbons (Fsp3) is 0.643. The number of aromatic nitrogens is 1. The molecule has 0 unspecified atom stereocenters. The van der Waals surface area contributed by atoms with Crippen LogP contribution in [0.3, 0.4) is 0 Å². The number of ether oxygens (including phenoxy) is 1. The molecule has 4 rings (SSSR count). The first-order valence-corrected chi connectivity index (χ1v) is 14.7. The first kappa shape index (κ1) is 27.5. The molecule has 0 bridgehead atoms. The molecular weight excluding hydrogens is 496 g/mol. The van der Waals surface area contributed by atoms with E-state index >= 15 is 0 Å². The molecule has 8 heteroatoms. The molecule has 2 N–H and O–H groups in total. The van der Waals surface area contributed by atoms with Crippen molar-refractivity contribution in [1.29, 1.82) is 0 Å². The molecule has 1 aromatic carbocycles. The largest absolute Gasteiger partial charge is 0.497 e. The average Bonchev–Trinajstić information content (AvgIpc) is 2.88. The summed E-state index contributed by atoms with van der Waals surface area (Å²) in [7, 11) is 1.61. The topological polar surface area (TPSA) is 82.9 Å². The monoisotopic (exact) mass is 534 g/mol. The lowest BCUT2D eigenvalue weighted by molar-refractivity contribution is -0.139. The number of benzene rings is 1. The number of aliphatic hydroxyl groups is 1. The van der Waals surface area contributed by atoms with Gasteiger partial charge in [-0.15, -0.1) is 0 Å². The number of nitrogens with zero attached hydrogens (tertiary/aromatic N) is 2. The van der Waals surface area contributed by atoms with Crippen LogP contribution in [0.1, 0.15) is 69.5 Å². The standard InChI is InChI=1S/C28H39ClN2O4S/c1-35-21-8-9-25-23(16-21)28(24(29)17-30-25)26(32)10-7-19-11-12-31(18-20(19)15-27(33)34)13-14-36-22-5-3-2-4-6-22/h8-9,16-17,19-20,22,26,32H,2-7,10-15,18H2,1H3,(H,33,34)/t19-,20-,26+/m1/s1. The zero-order valence-electron chi connectivity index (χ0n) is 21.2. The number of carboxylic acid groups (broad SMARTS) is 1. The van der Waals surface area contributed by atoms with Gasteiger partial charge in [-0.3, -0.25) is 9.78 Å². The Bertz CT molecular complexity index is 1020. The molecule has 36 heavy (non-hydrogen) atoms. The number of rotatable bonds is 11. The summed E-state index contributed by atoms with van der Waals surface area (Å²) < 4.78 is 5.36. The van der Waals surface area contributed by atoms with Crippen LogP contribution in [0.4, 0.5) is 0 Å². The Hall–Kier alpha value is -1.54. The number of hydrogen-bond donors (Lipinski definition) is 2. The smallest absolute Gasteiger partial charge is 0.303 e. The predicted octanol–water partition coefficient (Wildman–Crippen LogP) is 6.19. The molecule has 1 saturated carbocycles. The fourth-order valence-electron chi connectivity index (χ4n) is 5.92. The van der Waals surface area contributed by atoms with Crippen molar-refractivity contribution in [3.63, 3.8) is 0 Å². The maximum absolute atomic E-state index is 11.6. The summed E-state index contributed by atoms with van der Waals surface area (Å²) in [5.41, 5.74) is 1.44. The number of piperidine rings is 1. The highest BCUT2D eigenvalue weighted by molar-refractivity contribution is 7.99. The lowest BCUT2D eigenvalue weighted by Gasteiger charge is -2.38. The van der Waals surface area contributed by atoms with Crippen molar-refractivity contribution in [3.05, 3.63) is 35.0 Å². The normalized spacial score (nSPS) is 22.5. The number of methoxy groups -OCH3 is 1. The number of likely N-dealkylation sites (tertiary alicyclic amines) is 1. The molecule has 3 atom stereocenters. The van der Waals surface area contributed by atoms with Gasteiger partial charge < -0.3 is 19.8 Å². The number of halogens is 1. The second-order valence-corrected chi connectivity index (χ2v) is 12.1. The van der Waals surface area contributed by atoms with Gasteiger partial charge in [0, 0.05) is 47.7 Å². The fourth-order valence-corrected chi connectivity index (χ4v) is 7.56. The predicted molar refractivity (Wildman–Crippen MR) is 147 cm³/mol. The molecule has 2 aromatic rings. The second-order valence-electron chi connectivity index (χ2n) is 10.3.